The Bertz CT molecular complexity index is 606. The predicted octanol–water partition coefficient (Wildman–Crippen LogP) is 3.99. The van der Waals surface area contributed by atoms with Gasteiger partial charge in [-0.2, -0.15) is 0 Å². The van der Waals surface area contributed by atoms with Crippen molar-refractivity contribution < 1.29 is 9.47 Å². The fourth-order valence-electron chi connectivity index (χ4n) is 3.72. The lowest BCUT2D eigenvalue weighted by Crippen LogP contribution is -2.39. The highest BCUT2D eigenvalue weighted by atomic mass is 127. The Balaban J connectivity index is 0.00000420. The van der Waals surface area contributed by atoms with Crippen LogP contribution in [0, 0.1) is 0 Å². The van der Waals surface area contributed by atoms with Gasteiger partial charge in [0.05, 0.1) is 14.2 Å². The molecule has 2 rings (SSSR count). The van der Waals surface area contributed by atoms with Crippen LogP contribution in [0.25, 0.3) is 0 Å². The Hall–Kier alpha value is -1.22. The predicted molar refractivity (Wildman–Crippen MR) is 132 cm³/mol. The third-order valence-electron chi connectivity index (χ3n) is 5.36. The van der Waals surface area contributed by atoms with Crippen LogP contribution >= 0.6 is 24.0 Å². The Morgan fingerprint density at radius 2 is 1.86 bits per heavy atom. The molecule has 0 unspecified atom stereocenters. The highest BCUT2D eigenvalue weighted by Gasteiger charge is 2.11. The molecule has 0 radical (unpaired) electrons. The lowest BCUT2D eigenvalue weighted by Gasteiger charge is -2.26. The minimum atomic E-state index is 0. The van der Waals surface area contributed by atoms with Crippen molar-refractivity contribution in [2.24, 2.45) is 4.99 Å². The summed E-state index contributed by atoms with van der Waals surface area (Å²) in [6.07, 6.45) is 7.89. The Morgan fingerprint density at radius 1 is 1.10 bits per heavy atom. The number of methoxy groups -OCH3 is 2. The second kappa shape index (κ2) is 14.7. The Labute approximate surface area is 194 Å². The Kier molecular flexibility index (Phi) is 13.1. The van der Waals surface area contributed by atoms with Crippen LogP contribution in [0.5, 0.6) is 11.5 Å². The van der Waals surface area contributed by atoms with Gasteiger partial charge in [-0.15, -0.1) is 24.0 Å². The molecule has 1 aliphatic heterocycles. The summed E-state index contributed by atoms with van der Waals surface area (Å²) in [5.74, 6) is 2.54. The molecule has 1 fully saturated rings. The maximum Gasteiger partial charge on any atom is 0.193 e. The minimum absolute atomic E-state index is 0. The SMILES string of the molecule is CN=C(NCCCCCN1CCCCC1)N(C)Cc1ccc(OC)cc1OC.I. The molecule has 1 aliphatic rings. The number of hydrogen-bond donors (Lipinski definition) is 1. The number of guanidine groups is 1. The molecule has 29 heavy (non-hydrogen) atoms. The molecule has 0 atom stereocenters. The molecular formula is C22H39IN4O2. The number of halogens is 1. The number of nitrogens with one attached hydrogen (secondary N) is 1. The van der Waals surface area contributed by atoms with E-state index in [2.05, 4.69) is 27.2 Å². The molecule has 1 N–H and O–H groups in total. The van der Waals surface area contributed by atoms with E-state index in [0.29, 0.717) is 0 Å². The summed E-state index contributed by atoms with van der Waals surface area (Å²) >= 11 is 0. The molecule has 7 heteroatoms. The zero-order chi connectivity index (χ0) is 20.2. The van der Waals surface area contributed by atoms with Gasteiger partial charge >= 0.3 is 0 Å². The number of hydrogen-bond acceptors (Lipinski definition) is 4. The van der Waals surface area contributed by atoms with E-state index >= 15 is 0 Å². The Morgan fingerprint density at radius 3 is 2.52 bits per heavy atom. The first-order valence-electron chi connectivity index (χ1n) is 10.5. The van der Waals surface area contributed by atoms with E-state index in [0.717, 1.165) is 36.1 Å². The number of rotatable bonds is 10. The van der Waals surface area contributed by atoms with Crippen LogP contribution < -0.4 is 14.8 Å². The van der Waals surface area contributed by atoms with Crippen molar-refractivity contribution >= 4 is 29.9 Å². The topological polar surface area (TPSA) is 49.3 Å². The van der Waals surface area contributed by atoms with Gasteiger partial charge in [0, 0.05) is 38.8 Å². The zero-order valence-corrected chi connectivity index (χ0v) is 20.9. The van der Waals surface area contributed by atoms with E-state index in [1.54, 1.807) is 14.2 Å². The number of aliphatic imine (C=N–C) groups is 1. The van der Waals surface area contributed by atoms with E-state index in [4.69, 9.17) is 9.47 Å². The molecule has 1 saturated heterocycles. The first-order chi connectivity index (χ1) is 13.7. The maximum atomic E-state index is 5.51. The summed E-state index contributed by atoms with van der Waals surface area (Å²) in [5, 5.41) is 3.48. The number of ether oxygens (including phenoxy) is 2. The summed E-state index contributed by atoms with van der Waals surface area (Å²) < 4.78 is 10.8. The quantitative estimate of drug-likeness (QED) is 0.220. The molecule has 1 aromatic carbocycles. The molecule has 0 aromatic heterocycles. The maximum absolute atomic E-state index is 5.51. The average Bonchev–Trinajstić information content (AvgIpc) is 2.74. The van der Waals surface area contributed by atoms with Crippen LogP contribution in [0.15, 0.2) is 23.2 Å². The van der Waals surface area contributed by atoms with Crippen molar-refractivity contribution in [2.45, 2.75) is 45.1 Å². The van der Waals surface area contributed by atoms with Crippen LogP contribution in [0.2, 0.25) is 0 Å². The second-order valence-corrected chi connectivity index (χ2v) is 7.47. The van der Waals surface area contributed by atoms with E-state index in [1.165, 1.54) is 58.2 Å². The van der Waals surface area contributed by atoms with Gasteiger partial charge in [0.2, 0.25) is 0 Å². The fourth-order valence-corrected chi connectivity index (χ4v) is 3.72. The highest BCUT2D eigenvalue weighted by Crippen LogP contribution is 2.25. The molecule has 166 valence electrons. The monoisotopic (exact) mass is 518 g/mol. The van der Waals surface area contributed by atoms with Crippen molar-refractivity contribution in [1.82, 2.24) is 15.1 Å². The number of likely N-dealkylation sites (tertiary alicyclic amines) is 1. The lowest BCUT2D eigenvalue weighted by atomic mass is 10.1. The van der Waals surface area contributed by atoms with E-state index < -0.39 is 0 Å². The number of unbranched alkanes of at least 4 members (excludes halogenated alkanes) is 2. The van der Waals surface area contributed by atoms with E-state index in [9.17, 15) is 0 Å². The smallest absolute Gasteiger partial charge is 0.193 e. The van der Waals surface area contributed by atoms with Crippen LogP contribution in [0.4, 0.5) is 0 Å². The van der Waals surface area contributed by atoms with Gasteiger partial charge in [-0.1, -0.05) is 12.8 Å². The van der Waals surface area contributed by atoms with Crippen LogP contribution in [0.1, 0.15) is 44.1 Å². The summed E-state index contributed by atoms with van der Waals surface area (Å²) in [5.41, 5.74) is 1.11. The third kappa shape index (κ3) is 8.99. The molecule has 0 bridgehead atoms. The summed E-state index contributed by atoms with van der Waals surface area (Å²) in [4.78, 5) is 9.16. The molecule has 0 saturated carbocycles. The molecule has 1 aromatic rings. The number of benzene rings is 1. The first kappa shape index (κ1) is 25.8. The molecule has 0 amide bonds. The number of nitrogens with zero attached hydrogens (tertiary/aromatic N) is 3. The first-order valence-corrected chi connectivity index (χ1v) is 10.5. The largest absolute Gasteiger partial charge is 0.497 e. The van der Waals surface area contributed by atoms with Gasteiger partial charge in [-0.25, -0.2) is 0 Å². The molecule has 6 nitrogen and oxygen atoms in total. The van der Waals surface area contributed by atoms with Gasteiger partial charge in [-0.3, -0.25) is 4.99 Å². The van der Waals surface area contributed by atoms with E-state index in [-0.39, 0.29) is 24.0 Å². The van der Waals surface area contributed by atoms with Crippen LogP contribution in [0.3, 0.4) is 0 Å². The van der Waals surface area contributed by atoms with Gasteiger partial charge in [0.25, 0.3) is 0 Å². The molecule has 0 spiro atoms. The summed E-state index contributed by atoms with van der Waals surface area (Å²) in [6, 6.07) is 5.92. The summed E-state index contributed by atoms with van der Waals surface area (Å²) in [6.45, 7) is 5.53. The van der Waals surface area contributed by atoms with Crippen molar-refractivity contribution in [3.8, 4) is 11.5 Å². The third-order valence-corrected chi connectivity index (χ3v) is 5.36. The van der Waals surface area contributed by atoms with Gasteiger partial charge in [0.15, 0.2) is 5.96 Å². The minimum Gasteiger partial charge on any atom is -0.497 e. The molecule has 1 heterocycles. The normalized spacial score (nSPS) is 14.8. The number of piperidine rings is 1. The van der Waals surface area contributed by atoms with Crippen molar-refractivity contribution in [1.29, 1.82) is 0 Å². The lowest BCUT2D eigenvalue weighted by molar-refractivity contribution is 0.224. The summed E-state index contributed by atoms with van der Waals surface area (Å²) in [7, 11) is 7.24. The zero-order valence-electron chi connectivity index (χ0n) is 18.6. The average molecular weight is 518 g/mol. The van der Waals surface area contributed by atoms with Crippen molar-refractivity contribution in [3.63, 3.8) is 0 Å². The highest BCUT2D eigenvalue weighted by molar-refractivity contribution is 14.0. The van der Waals surface area contributed by atoms with Gasteiger partial charge in [-0.05, 0) is 57.5 Å². The van der Waals surface area contributed by atoms with Crippen molar-refractivity contribution in [2.75, 3.05) is 54.5 Å². The molecular weight excluding hydrogens is 479 g/mol. The van der Waals surface area contributed by atoms with Gasteiger partial charge < -0.3 is 24.6 Å². The fraction of sp³-hybridized carbons (Fsp3) is 0.682. The molecule has 0 aliphatic carbocycles. The second-order valence-electron chi connectivity index (χ2n) is 7.47. The van der Waals surface area contributed by atoms with Crippen LogP contribution in [-0.4, -0.2) is 70.3 Å². The van der Waals surface area contributed by atoms with Crippen molar-refractivity contribution in [3.05, 3.63) is 23.8 Å². The van der Waals surface area contributed by atoms with E-state index in [1.807, 2.05) is 25.2 Å². The standard InChI is InChI=1S/C22H38N4O2.HI/c1-23-22(24-13-7-5-8-14-26-15-9-6-10-16-26)25(2)18-19-11-12-20(27-3)17-21(19)28-4;/h11-12,17H,5-10,13-16,18H2,1-4H3,(H,23,24);1H. The van der Waals surface area contributed by atoms with Crippen LogP contribution in [-0.2, 0) is 6.54 Å². The van der Waals surface area contributed by atoms with Gasteiger partial charge in [0.1, 0.15) is 11.5 Å².